The number of carbonyl (C=O) groups excluding carboxylic acids is 1. The fourth-order valence-corrected chi connectivity index (χ4v) is 4.67. The van der Waals surface area contributed by atoms with Crippen LogP contribution in [0.25, 0.3) is 0 Å². The third-order valence-electron chi connectivity index (χ3n) is 5.49. The molecule has 1 atom stereocenters. The molecule has 1 aromatic carbocycles. The Balaban J connectivity index is 1.50. The van der Waals surface area contributed by atoms with Crippen molar-refractivity contribution in [1.29, 1.82) is 0 Å². The number of methoxy groups -OCH3 is 1. The van der Waals surface area contributed by atoms with E-state index in [4.69, 9.17) is 14.2 Å². The predicted molar refractivity (Wildman–Crippen MR) is 124 cm³/mol. The zero-order chi connectivity index (χ0) is 22.3. The minimum atomic E-state index is 0.0439. The van der Waals surface area contributed by atoms with Gasteiger partial charge in [0.15, 0.2) is 11.5 Å². The highest BCUT2D eigenvalue weighted by Crippen LogP contribution is 2.30. The van der Waals surface area contributed by atoms with Crippen LogP contribution in [-0.2, 0) is 17.9 Å². The number of ether oxygens (including phenoxy) is 3. The molecule has 1 aliphatic rings. The lowest BCUT2D eigenvalue weighted by Crippen LogP contribution is -2.36. The molecule has 7 heteroatoms. The van der Waals surface area contributed by atoms with E-state index in [1.54, 1.807) is 13.3 Å². The molecule has 3 aromatic rings. The Morgan fingerprint density at radius 3 is 2.84 bits per heavy atom. The fourth-order valence-electron chi connectivity index (χ4n) is 3.77. The third-order valence-corrected chi connectivity index (χ3v) is 6.50. The van der Waals surface area contributed by atoms with Crippen LogP contribution < -0.4 is 9.47 Å². The van der Waals surface area contributed by atoms with Gasteiger partial charge < -0.3 is 19.1 Å². The van der Waals surface area contributed by atoms with Crippen molar-refractivity contribution < 1.29 is 19.0 Å². The molecule has 0 bridgehead atoms. The van der Waals surface area contributed by atoms with E-state index in [2.05, 4.69) is 4.98 Å². The highest BCUT2D eigenvalue weighted by molar-refractivity contribution is 7.12. The molecule has 0 spiro atoms. The number of aromatic nitrogens is 1. The van der Waals surface area contributed by atoms with E-state index < -0.39 is 0 Å². The van der Waals surface area contributed by atoms with Gasteiger partial charge in [-0.05, 0) is 66.6 Å². The summed E-state index contributed by atoms with van der Waals surface area (Å²) in [6, 6.07) is 13.5. The first kappa shape index (κ1) is 22.3. The van der Waals surface area contributed by atoms with Crippen LogP contribution in [0.5, 0.6) is 11.5 Å². The highest BCUT2D eigenvalue weighted by Gasteiger charge is 2.25. The maximum Gasteiger partial charge on any atom is 0.264 e. The average molecular weight is 453 g/mol. The minimum absolute atomic E-state index is 0.0439. The van der Waals surface area contributed by atoms with Crippen LogP contribution in [0.1, 0.15) is 39.3 Å². The normalized spacial score (nSPS) is 15.5. The lowest BCUT2D eigenvalue weighted by molar-refractivity contribution is 0.0510. The number of hydrogen-bond donors (Lipinski definition) is 0. The average Bonchev–Trinajstić information content (AvgIpc) is 3.49. The molecule has 1 saturated heterocycles. The number of hydrogen-bond acceptors (Lipinski definition) is 6. The maximum absolute atomic E-state index is 13.3. The molecule has 1 aliphatic heterocycles. The van der Waals surface area contributed by atoms with E-state index >= 15 is 0 Å². The second-order valence-electron chi connectivity index (χ2n) is 7.85. The second-order valence-corrected chi connectivity index (χ2v) is 8.76. The standard InChI is InChI=1S/C25H28N2O4S/c1-18-10-13-32-24(18)25(28)27(16-21-7-5-12-30-21)15-19-8-9-22(23(14-19)29-2)31-17-20-6-3-4-11-26-20/h3-4,6,8-11,13-14,21H,5,7,12,15-17H2,1-2H3/t21-/m1/s1. The van der Waals surface area contributed by atoms with Crippen LogP contribution in [-0.4, -0.2) is 42.2 Å². The number of rotatable bonds is 9. The zero-order valence-corrected chi connectivity index (χ0v) is 19.3. The zero-order valence-electron chi connectivity index (χ0n) is 18.5. The minimum Gasteiger partial charge on any atom is -0.493 e. The predicted octanol–water partition coefficient (Wildman–Crippen LogP) is 4.86. The van der Waals surface area contributed by atoms with Crippen LogP contribution in [0.15, 0.2) is 54.0 Å². The molecule has 1 amide bonds. The smallest absolute Gasteiger partial charge is 0.264 e. The van der Waals surface area contributed by atoms with Crippen molar-refractivity contribution in [2.24, 2.45) is 0 Å². The Labute approximate surface area is 192 Å². The molecular formula is C25H28N2O4S. The van der Waals surface area contributed by atoms with Crippen molar-refractivity contribution in [3.63, 3.8) is 0 Å². The SMILES string of the molecule is COc1cc(CN(C[C@H]2CCCO2)C(=O)c2sccc2C)ccc1OCc1ccccn1. The molecule has 3 heterocycles. The molecule has 0 aliphatic carbocycles. The number of aryl methyl sites for hydroxylation is 1. The van der Waals surface area contributed by atoms with Gasteiger partial charge in [-0.15, -0.1) is 11.3 Å². The fraction of sp³-hybridized carbons (Fsp3) is 0.360. The Hall–Kier alpha value is -2.90. The van der Waals surface area contributed by atoms with E-state index in [0.29, 0.717) is 31.2 Å². The summed E-state index contributed by atoms with van der Waals surface area (Å²) in [4.78, 5) is 20.3. The van der Waals surface area contributed by atoms with Gasteiger partial charge in [-0.25, -0.2) is 0 Å². The number of thiophene rings is 1. The largest absolute Gasteiger partial charge is 0.493 e. The van der Waals surface area contributed by atoms with Gasteiger partial charge in [0.2, 0.25) is 0 Å². The third kappa shape index (κ3) is 5.47. The monoisotopic (exact) mass is 452 g/mol. The molecule has 2 aromatic heterocycles. The lowest BCUT2D eigenvalue weighted by atomic mass is 10.1. The number of benzene rings is 1. The van der Waals surface area contributed by atoms with Crippen LogP contribution in [0, 0.1) is 6.92 Å². The van der Waals surface area contributed by atoms with Gasteiger partial charge in [-0.2, -0.15) is 0 Å². The number of pyridine rings is 1. The Morgan fingerprint density at radius 1 is 1.25 bits per heavy atom. The van der Waals surface area contributed by atoms with Crippen LogP contribution in [0.4, 0.5) is 0 Å². The van der Waals surface area contributed by atoms with Gasteiger partial charge >= 0.3 is 0 Å². The van der Waals surface area contributed by atoms with Gasteiger partial charge in [0.1, 0.15) is 6.61 Å². The van der Waals surface area contributed by atoms with Crippen molar-refractivity contribution >= 4 is 17.2 Å². The summed E-state index contributed by atoms with van der Waals surface area (Å²) in [6.45, 7) is 4.16. The van der Waals surface area contributed by atoms with Gasteiger partial charge in [-0.1, -0.05) is 12.1 Å². The van der Waals surface area contributed by atoms with Crippen molar-refractivity contribution in [1.82, 2.24) is 9.88 Å². The highest BCUT2D eigenvalue weighted by atomic mass is 32.1. The number of nitrogens with zero attached hydrogens (tertiary/aromatic N) is 2. The molecule has 0 N–H and O–H groups in total. The van der Waals surface area contributed by atoms with Crippen molar-refractivity contribution in [3.8, 4) is 11.5 Å². The second kappa shape index (κ2) is 10.6. The molecule has 0 saturated carbocycles. The van der Waals surface area contributed by atoms with Gasteiger partial charge in [-0.3, -0.25) is 9.78 Å². The summed E-state index contributed by atoms with van der Waals surface area (Å²) in [5.74, 6) is 1.32. The number of amides is 1. The Kier molecular flexibility index (Phi) is 7.39. The molecule has 6 nitrogen and oxygen atoms in total. The van der Waals surface area contributed by atoms with Crippen LogP contribution in [0.3, 0.4) is 0 Å². The first-order valence-corrected chi connectivity index (χ1v) is 11.7. The van der Waals surface area contributed by atoms with E-state index in [0.717, 1.165) is 41.1 Å². The number of carbonyl (C=O) groups is 1. The summed E-state index contributed by atoms with van der Waals surface area (Å²) < 4.78 is 17.3. The van der Waals surface area contributed by atoms with Crippen molar-refractivity contribution in [2.75, 3.05) is 20.3 Å². The Morgan fingerprint density at radius 2 is 2.16 bits per heavy atom. The summed E-state index contributed by atoms with van der Waals surface area (Å²) in [7, 11) is 1.62. The quantitative estimate of drug-likeness (QED) is 0.464. The maximum atomic E-state index is 13.3. The summed E-state index contributed by atoms with van der Waals surface area (Å²) in [6.07, 6.45) is 3.85. The molecule has 1 fully saturated rings. The van der Waals surface area contributed by atoms with Gasteiger partial charge in [0, 0.05) is 25.9 Å². The van der Waals surface area contributed by atoms with Crippen molar-refractivity contribution in [2.45, 2.75) is 39.0 Å². The van der Waals surface area contributed by atoms with E-state index in [1.165, 1.54) is 11.3 Å². The van der Waals surface area contributed by atoms with Gasteiger partial charge in [0.05, 0.1) is 23.8 Å². The van der Waals surface area contributed by atoms with E-state index in [1.807, 2.05) is 59.7 Å². The first-order chi connectivity index (χ1) is 15.6. The first-order valence-electron chi connectivity index (χ1n) is 10.8. The molecule has 168 valence electrons. The molecular weight excluding hydrogens is 424 g/mol. The van der Waals surface area contributed by atoms with Crippen LogP contribution >= 0.6 is 11.3 Å². The molecule has 4 rings (SSSR count). The summed E-state index contributed by atoms with van der Waals surface area (Å²) in [5, 5.41) is 1.96. The Bertz CT molecular complexity index is 1030. The topological polar surface area (TPSA) is 60.9 Å². The van der Waals surface area contributed by atoms with Gasteiger partial charge in [0.25, 0.3) is 5.91 Å². The lowest BCUT2D eigenvalue weighted by Gasteiger charge is -2.26. The van der Waals surface area contributed by atoms with E-state index in [9.17, 15) is 4.79 Å². The summed E-state index contributed by atoms with van der Waals surface area (Å²) >= 11 is 1.49. The molecule has 0 unspecified atom stereocenters. The van der Waals surface area contributed by atoms with Crippen molar-refractivity contribution in [3.05, 3.63) is 75.7 Å². The molecule has 32 heavy (non-hydrogen) atoms. The van der Waals surface area contributed by atoms with Crippen LogP contribution in [0.2, 0.25) is 0 Å². The molecule has 0 radical (unpaired) electrons. The summed E-state index contributed by atoms with van der Waals surface area (Å²) in [5.41, 5.74) is 2.83. The van der Waals surface area contributed by atoms with E-state index in [-0.39, 0.29) is 12.0 Å².